The highest BCUT2D eigenvalue weighted by molar-refractivity contribution is 5.36. The van der Waals surface area contributed by atoms with E-state index in [1.165, 1.54) is 63.9 Å². The second-order valence-corrected chi connectivity index (χ2v) is 10.2. The van der Waals surface area contributed by atoms with Crippen molar-refractivity contribution in [2.75, 3.05) is 0 Å². The Labute approximate surface area is 179 Å². The van der Waals surface area contributed by atoms with E-state index in [1.54, 1.807) is 6.07 Å². The summed E-state index contributed by atoms with van der Waals surface area (Å²) in [6.07, 6.45) is 12.3. The van der Waals surface area contributed by atoms with Crippen molar-refractivity contribution in [3.63, 3.8) is 0 Å². The fourth-order valence-electron chi connectivity index (χ4n) is 7.27. The molecule has 1 aromatic carbocycles. The van der Waals surface area contributed by atoms with E-state index < -0.39 is 6.36 Å². The van der Waals surface area contributed by atoms with Crippen LogP contribution in [0.1, 0.15) is 102 Å². The van der Waals surface area contributed by atoms with Crippen LogP contribution in [0.2, 0.25) is 0 Å². The molecule has 0 radical (unpaired) electrons. The number of hydrogen-bond acceptors (Lipinski definition) is 1. The summed E-state index contributed by atoms with van der Waals surface area (Å²) in [7, 11) is 0. The van der Waals surface area contributed by atoms with Crippen LogP contribution in [-0.4, -0.2) is 6.36 Å². The molecular weight excluding hydrogens is 385 g/mol. The number of para-hydroxylation sites is 1. The van der Waals surface area contributed by atoms with Gasteiger partial charge in [0, 0.05) is 0 Å². The molecule has 4 heteroatoms. The second kappa shape index (κ2) is 9.12. The van der Waals surface area contributed by atoms with Crippen molar-refractivity contribution < 1.29 is 17.9 Å². The van der Waals surface area contributed by atoms with E-state index in [4.69, 9.17) is 0 Å². The first kappa shape index (κ1) is 22.0. The Morgan fingerprint density at radius 2 is 1.43 bits per heavy atom. The molecule has 0 bridgehead atoms. The lowest BCUT2D eigenvalue weighted by Crippen LogP contribution is -2.33. The smallest absolute Gasteiger partial charge is 0.405 e. The maximum Gasteiger partial charge on any atom is 0.573 e. The fourth-order valence-corrected chi connectivity index (χ4v) is 7.27. The molecular formula is C26H37F3O. The molecule has 4 rings (SSSR count). The number of ether oxygens (including phenoxy) is 1. The standard InChI is InChI=1S/C26H37F3O/c1-2-25(17-5-6-18-25)22-15-13-20(14-16-22)19-9-11-21(12-10-19)23-7-3-4-8-24(23)30-26(27,28)29/h3-4,7-8,19-22H,2,5-6,9-18H2,1H3. The number of alkyl halides is 3. The summed E-state index contributed by atoms with van der Waals surface area (Å²) in [6, 6.07) is 6.74. The van der Waals surface area contributed by atoms with Gasteiger partial charge in [-0.15, -0.1) is 13.2 Å². The highest BCUT2D eigenvalue weighted by Gasteiger charge is 2.42. The third-order valence-electron chi connectivity index (χ3n) is 8.96. The summed E-state index contributed by atoms with van der Waals surface area (Å²) in [6.45, 7) is 2.40. The molecule has 0 amide bonds. The lowest BCUT2D eigenvalue weighted by atomic mass is 9.61. The predicted octanol–water partition coefficient (Wildman–Crippen LogP) is 8.64. The third-order valence-corrected chi connectivity index (χ3v) is 8.96. The molecule has 1 aromatic rings. The SMILES string of the molecule is CCC1(C2CCC(C3CCC(c4ccccc4OC(F)(F)F)CC3)CC2)CCCC1. The number of rotatable bonds is 5. The Hall–Kier alpha value is -1.19. The number of hydrogen-bond donors (Lipinski definition) is 0. The Morgan fingerprint density at radius 3 is 2.00 bits per heavy atom. The van der Waals surface area contributed by atoms with E-state index in [-0.39, 0.29) is 11.7 Å². The van der Waals surface area contributed by atoms with Crippen molar-refractivity contribution in [2.45, 2.75) is 103 Å². The largest absolute Gasteiger partial charge is 0.573 e. The van der Waals surface area contributed by atoms with Gasteiger partial charge in [0.25, 0.3) is 0 Å². The molecule has 0 saturated heterocycles. The molecule has 3 fully saturated rings. The molecule has 30 heavy (non-hydrogen) atoms. The molecule has 0 atom stereocenters. The van der Waals surface area contributed by atoms with Crippen LogP contribution in [0.5, 0.6) is 5.75 Å². The summed E-state index contributed by atoms with van der Waals surface area (Å²) in [4.78, 5) is 0. The van der Waals surface area contributed by atoms with Gasteiger partial charge in [-0.2, -0.15) is 0 Å². The van der Waals surface area contributed by atoms with Crippen molar-refractivity contribution >= 4 is 0 Å². The van der Waals surface area contributed by atoms with Crippen molar-refractivity contribution in [1.82, 2.24) is 0 Å². The van der Waals surface area contributed by atoms with Crippen molar-refractivity contribution in [3.8, 4) is 5.75 Å². The van der Waals surface area contributed by atoms with E-state index in [2.05, 4.69) is 11.7 Å². The van der Waals surface area contributed by atoms with Crippen LogP contribution in [0.15, 0.2) is 24.3 Å². The Kier molecular flexibility index (Phi) is 6.70. The van der Waals surface area contributed by atoms with Crippen LogP contribution in [0.25, 0.3) is 0 Å². The van der Waals surface area contributed by atoms with Crippen LogP contribution >= 0.6 is 0 Å². The lowest BCUT2D eigenvalue weighted by Gasteiger charge is -2.44. The lowest BCUT2D eigenvalue weighted by molar-refractivity contribution is -0.275. The summed E-state index contributed by atoms with van der Waals surface area (Å²) in [5.74, 6) is 2.72. The van der Waals surface area contributed by atoms with E-state index in [9.17, 15) is 13.2 Å². The third kappa shape index (κ3) is 4.83. The molecule has 0 unspecified atom stereocenters. The monoisotopic (exact) mass is 422 g/mol. The van der Waals surface area contributed by atoms with Crippen molar-refractivity contribution in [2.24, 2.45) is 23.2 Å². The summed E-state index contributed by atoms with van der Waals surface area (Å²) in [5.41, 5.74) is 1.38. The van der Waals surface area contributed by atoms with Gasteiger partial charge in [-0.3, -0.25) is 0 Å². The molecule has 1 nitrogen and oxygen atoms in total. The molecule has 3 saturated carbocycles. The first-order chi connectivity index (χ1) is 14.4. The van der Waals surface area contributed by atoms with Crippen LogP contribution in [0.4, 0.5) is 13.2 Å². The van der Waals surface area contributed by atoms with Gasteiger partial charge in [-0.25, -0.2) is 0 Å². The molecule has 0 spiro atoms. The Morgan fingerprint density at radius 1 is 0.867 bits per heavy atom. The van der Waals surface area contributed by atoms with Crippen molar-refractivity contribution in [1.29, 1.82) is 0 Å². The molecule has 0 aromatic heterocycles. The van der Waals surface area contributed by atoms with Crippen molar-refractivity contribution in [3.05, 3.63) is 29.8 Å². The zero-order chi connectivity index (χ0) is 21.2. The summed E-state index contributed by atoms with van der Waals surface area (Å²) < 4.78 is 42.6. The fraction of sp³-hybridized carbons (Fsp3) is 0.769. The topological polar surface area (TPSA) is 9.23 Å². The van der Waals surface area contributed by atoms with E-state index in [0.717, 1.165) is 49.0 Å². The highest BCUT2D eigenvalue weighted by Crippen LogP contribution is 2.54. The van der Waals surface area contributed by atoms with Gasteiger partial charge in [0.2, 0.25) is 0 Å². The first-order valence-electron chi connectivity index (χ1n) is 12.2. The van der Waals surface area contributed by atoms with E-state index in [0.29, 0.717) is 5.41 Å². The van der Waals surface area contributed by atoms with E-state index >= 15 is 0 Å². The van der Waals surface area contributed by atoms with Crippen LogP contribution in [0.3, 0.4) is 0 Å². The minimum Gasteiger partial charge on any atom is -0.405 e. The van der Waals surface area contributed by atoms with E-state index in [1.807, 2.05) is 12.1 Å². The molecule has 0 heterocycles. The summed E-state index contributed by atoms with van der Waals surface area (Å²) >= 11 is 0. The first-order valence-corrected chi connectivity index (χ1v) is 12.2. The highest BCUT2D eigenvalue weighted by atomic mass is 19.4. The maximum atomic E-state index is 12.8. The van der Waals surface area contributed by atoms with Gasteiger partial charge in [0.15, 0.2) is 0 Å². The zero-order valence-electron chi connectivity index (χ0n) is 18.4. The molecule has 0 N–H and O–H groups in total. The van der Waals surface area contributed by atoms with Gasteiger partial charge in [-0.05, 0) is 105 Å². The minimum atomic E-state index is -4.62. The van der Waals surface area contributed by atoms with Gasteiger partial charge in [-0.1, -0.05) is 44.4 Å². The number of benzene rings is 1. The van der Waals surface area contributed by atoms with Crippen LogP contribution in [0, 0.1) is 23.2 Å². The molecule has 0 aliphatic heterocycles. The van der Waals surface area contributed by atoms with Gasteiger partial charge in [0.05, 0.1) is 0 Å². The van der Waals surface area contributed by atoms with Crippen LogP contribution < -0.4 is 4.74 Å². The minimum absolute atomic E-state index is 0.00427. The van der Waals surface area contributed by atoms with Gasteiger partial charge >= 0.3 is 6.36 Å². The average Bonchev–Trinajstić information content (AvgIpc) is 3.24. The quantitative estimate of drug-likeness (QED) is 0.461. The molecule has 3 aliphatic carbocycles. The predicted molar refractivity (Wildman–Crippen MR) is 114 cm³/mol. The second-order valence-electron chi connectivity index (χ2n) is 10.2. The van der Waals surface area contributed by atoms with Gasteiger partial charge < -0.3 is 4.74 Å². The van der Waals surface area contributed by atoms with Gasteiger partial charge in [0.1, 0.15) is 5.75 Å². The number of halogens is 3. The Balaban J connectivity index is 1.31. The normalized spacial score (nSPS) is 32.1. The average molecular weight is 423 g/mol. The molecule has 3 aliphatic rings. The maximum absolute atomic E-state index is 12.8. The Bertz CT molecular complexity index is 676. The van der Waals surface area contributed by atoms with Crippen LogP contribution in [-0.2, 0) is 0 Å². The summed E-state index contributed by atoms with van der Waals surface area (Å²) in [5, 5.41) is 0. The zero-order valence-corrected chi connectivity index (χ0v) is 18.4. The molecule has 168 valence electrons.